The van der Waals surface area contributed by atoms with Gasteiger partial charge in [0, 0.05) is 43.8 Å². The van der Waals surface area contributed by atoms with Crippen LogP contribution >= 0.6 is 11.3 Å². The number of anilines is 2. The fraction of sp³-hybridized carbons (Fsp3) is 0.429. The van der Waals surface area contributed by atoms with Crippen molar-refractivity contribution in [2.75, 3.05) is 36.0 Å². The van der Waals surface area contributed by atoms with Crippen LogP contribution < -0.4 is 9.80 Å². The molecule has 1 aliphatic rings. The minimum Gasteiger partial charge on any atom is -0.349 e. The molecule has 8 heteroatoms. The van der Waals surface area contributed by atoms with Crippen LogP contribution in [0.3, 0.4) is 0 Å². The SMILES string of the molecule is Cc1csc(N2CCCN(c3ncccc3[N+](=O)[O-])CC2)n1. The second kappa shape index (κ2) is 6.27. The minimum atomic E-state index is -0.366. The van der Waals surface area contributed by atoms with Gasteiger partial charge in [-0.1, -0.05) is 0 Å². The Labute approximate surface area is 132 Å². The maximum atomic E-state index is 11.2. The summed E-state index contributed by atoms with van der Waals surface area (Å²) >= 11 is 1.64. The molecule has 3 rings (SSSR count). The normalized spacial score (nSPS) is 15.7. The zero-order valence-electron chi connectivity index (χ0n) is 12.3. The van der Waals surface area contributed by atoms with Crippen LogP contribution in [0.5, 0.6) is 0 Å². The first kappa shape index (κ1) is 14.7. The van der Waals surface area contributed by atoms with Gasteiger partial charge in [0.2, 0.25) is 5.82 Å². The molecule has 0 aliphatic carbocycles. The van der Waals surface area contributed by atoms with Crippen molar-refractivity contribution in [2.45, 2.75) is 13.3 Å². The molecule has 116 valence electrons. The van der Waals surface area contributed by atoms with E-state index in [2.05, 4.69) is 14.9 Å². The zero-order chi connectivity index (χ0) is 15.5. The Bertz CT molecular complexity index is 675. The van der Waals surface area contributed by atoms with E-state index in [0.717, 1.165) is 36.9 Å². The van der Waals surface area contributed by atoms with E-state index in [1.807, 2.05) is 17.2 Å². The summed E-state index contributed by atoms with van der Waals surface area (Å²) in [5.41, 5.74) is 1.10. The van der Waals surface area contributed by atoms with Crippen LogP contribution in [0.1, 0.15) is 12.1 Å². The predicted molar refractivity (Wildman–Crippen MR) is 86.8 cm³/mol. The van der Waals surface area contributed by atoms with Crippen LogP contribution in [-0.4, -0.2) is 41.1 Å². The van der Waals surface area contributed by atoms with Crippen molar-refractivity contribution in [1.82, 2.24) is 9.97 Å². The molecule has 0 aromatic carbocycles. The fourth-order valence-corrected chi connectivity index (χ4v) is 3.44. The highest BCUT2D eigenvalue weighted by molar-refractivity contribution is 7.13. The van der Waals surface area contributed by atoms with Gasteiger partial charge in [-0.2, -0.15) is 0 Å². The van der Waals surface area contributed by atoms with Crippen molar-refractivity contribution in [2.24, 2.45) is 0 Å². The monoisotopic (exact) mass is 319 g/mol. The van der Waals surface area contributed by atoms with Crippen molar-refractivity contribution in [3.8, 4) is 0 Å². The van der Waals surface area contributed by atoms with Crippen molar-refractivity contribution in [3.63, 3.8) is 0 Å². The lowest BCUT2D eigenvalue weighted by Gasteiger charge is -2.22. The van der Waals surface area contributed by atoms with E-state index in [0.29, 0.717) is 12.4 Å². The van der Waals surface area contributed by atoms with Crippen LogP contribution in [-0.2, 0) is 0 Å². The van der Waals surface area contributed by atoms with Crippen LogP contribution in [0.15, 0.2) is 23.7 Å². The molecule has 1 fully saturated rings. The average molecular weight is 319 g/mol. The van der Waals surface area contributed by atoms with E-state index in [-0.39, 0.29) is 10.6 Å². The minimum absolute atomic E-state index is 0.0704. The number of hydrogen-bond acceptors (Lipinski definition) is 7. The lowest BCUT2D eigenvalue weighted by molar-refractivity contribution is -0.384. The van der Waals surface area contributed by atoms with Crippen molar-refractivity contribution >= 4 is 28.0 Å². The molecule has 1 aliphatic heterocycles. The first-order valence-corrected chi connectivity index (χ1v) is 8.04. The Balaban J connectivity index is 1.77. The largest absolute Gasteiger partial charge is 0.349 e. The van der Waals surface area contributed by atoms with Crippen LogP contribution in [0.4, 0.5) is 16.6 Å². The van der Waals surface area contributed by atoms with E-state index < -0.39 is 0 Å². The van der Waals surface area contributed by atoms with Crippen LogP contribution in [0, 0.1) is 17.0 Å². The van der Waals surface area contributed by atoms with Crippen molar-refractivity contribution < 1.29 is 4.92 Å². The number of rotatable bonds is 3. The van der Waals surface area contributed by atoms with Crippen LogP contribution in [0.2, 0.25) is 0 Å². The van der Waals surface area contributed by atoms with Crippen molar-refractivity contribution in [3.05, 3.63) is 39.5 Å². The molecule has 2 aromatic rings. The molecule has 0 amide bonds. The summed E-state index contributed by atoms with van der Waals surface area (Å²) in [7, 11) is 0. The molecule has 0 saturated carbocycles. The predicted octanol–water partition coefficient (Wildman–Crippen LogP) is 2.47. The lowest BCUT2D eigenvalue weighted by atomic mass is 10.3. The van der Waals surface area contributed by atoms with Gasteiger partial charge in [0.25, 0.3) is 0 Å². The smallest absolute Gasteiger partial charge is 0.311 e. The fourth-order valence-electron chi connectivity index (χ4n) is 2.58. The summed E-state index contributed by atoms with van der Waals surface area (Å²) in [6, 6.07) is 3.11. The number of nitro groups is 1. The Kier molecular flexibility index (Phi) is 4.19. The van der Waals surface area contributed by atoms with Gasteiger partial charge in [-0.3, -0.25) is 10.1 Å². The molecule has 0 N–H and O–H groups in total. The Morgan fingerprint density at radius 2 is 2.05 bits per heavy atom. The summed E-state index contributed by atoms with van der Waals surface area (Å²) in [4.78, 5) is 23.8. The van der Waals surface area contributed by atoms with E-state index >= 15 is 0 Å². The second-order valence-corrected chi connectivity index (χ2v) is 6.04. The Morgan fingerprint density at radius 1 is 1.27 bits per heavy atom. The zero-order valence-corrected chi connectivity index (χ0v) is 13.1. The Morgan fingerprint density at radius 3 is 2.77 bits per heavy atom. The molecular weight excluding hydrogens is 302 g/mol. The maximum Gasteiger partial charge on any atom is 0.311 e. The lowest BCUT2D eigenvalue weighted by Crippen LogP contribution is -2.31. The van der Waals surface area contributed by atoms with E-state index in [9.17, 15) is 10.1 Å². The van der Waals surface area contributed by atoms with E-state index in [1.54, 1.807) is 23.6 Å². The third kappa shape index (κ3) is 3.01. The molecule has 2 aromatic heterocycles. The number of aromatic nitrogens is 2. The first-order chi connectivity index (χ1) is 10.6. The summed E-state index contributed by atoms with van der Waals surface area (Å²) < 4.78 is 0. The first-order valence-electron chi connectivity index (χ1n) is 7.16. The third-order valence-corrected chi connectivity index (χ3v) is 4.65. The quantitative estimate of drug-likeness (QED) is 0.639. The van der Waals surface area contributed by atoms with E-state index in [4.69, 9.17) is 0 Å². The van der Waals surface area contributed by atoms with Gasteiger partial charge < -0.3 is 9.80 Å². The van der Waals surface area contributed by atoms with Gasteiger partial charge >= 0.3 is 5.69 Å². The highest BCUT2D eigenvalue weighted by Crippen LogP contribution is 2.27. The molecule has 0 atom stereocenters. The number of aryl methyl sites for hydroxylation is 1. The molecule has 0 spiro atoms. The van der Waals surface area contributed by atoms with E-state index in [1.165, 1.54) is 6.07 Å². The topological polar surface area (TPSA) is 75.4 Å². The van der Waals surface area contributed by atoms with Gasteiger partial charge in [-0.25, -0.2) is 9.97 Å². The maximum absolute atomic E-state index is 11.2. The summed E-state index contributed by atoms with van der Waals surface area (Å²) in [6.45, 7) is 5.15. The van der Waals surface area contributed by atoms with Gasteiger partial charge in [-0.15, -0.1) is 11.3 Å². The molecule has 22 heavy (non-hydrogen) atoms. The third-order valence-electron chi connectivity index (χ3n) is 3.64. The average Bonchev–Trinajstić information content (AvgIpc) is 2.81. The van der Waals surface area contributed by atoms with Gasteiger partial charge in [-0.05, 0) is 19.4 Å². The standard InChI is InChI=1S/C14H17N5O2S/c1-11-10-22-14(16-11)18-7-3-6-17(8-9-18)13-12(19(20)21)4-2-5-15-13/h2,4-5,10H,3,6-9H2,1H3. The summed E-state index contributed by atoms with van der Waals surface area (Å²) in [6.07, 6.45) is 2.53. The molecule has 1 saturated heterocycles. The summed E-state index contributed by atoms with van der Waals surface area (Å²) in [5, 5.41) is 14.2. The van der Waals surface area contributed by atoms with Gasteiger partial charge in [0.05, 0.1) is 10.6 Å². The van der Waals surface area contributed by atoms with Gasteiger partial charge in [0.1, 0.15) is 0 Å². The van der Waals surface area contributed by atoms with Crippen LogP contribution in [0.25, 0.3) is 0 Å². The number of hydrogen-bond donors (Lipinski definition) is 0. The molecule has 0 radical (unpaired) electrons. The molecule has 0 unspecified atom stereocenters. The number of thiazole rings is 1. The Hall–Kier alpha value is -2.22. The number of nitrogens with zero attached hydrogens (tertiary/aromatic N) is 5. The molecule has 7 nitrogen and oxygen atoms in total. The van der Waals surface area contributed by atoms with Gasteiger partial charge in [0.15, 0.2) is 5.13 Å². The highest BCUT2D eigenvalue weighted by atomic mass is 32.1. The second-order valence-electron chi connectivity index (χ2n) is 5.20. The van der Waals surface area contributed by atoms with Crippen molar-refractivity contribution in [1.29, 1.82) is 0 Å². The molecular formula is C14H17N5O2S. The molecule has 0 bridgehead atoms. The number of pyridine rings is 1. The molecule has 3 heterocycles. The highest BCUT2D eigenvalue weighted by Gasteiger charge is 2.23. The summed E-state index contributed by atoms with van der Waals surface area (Å²) in [5.74, 6) is 0.463.